The topological polar surface area (TPSA) is 55.4 Å². The Labute approximate surface area is 136 Å². The third-order valence-electron chi connectivity index (χ3n) is 2.96. The predicted octanol–water partition coefficient (Wildman–Crippen LogP) is 3.15. The third-order valence-corrected chi connectivity index (χ3v) is 4.55. The maximum absolute atomic E-state index is 12.0. The summed E-state index contributed by atoms with van der Waals surface area (Å²) < 4.78 is 31.9. The number of hydrogen-bond donors (Lipinski definition) is 1. The van der Waals surface area contributed by atoms with Gasteiger partial charge in [0.2, 0.25) is 10.0 Å². The van der Waals surface area contributed by atoms with Gasteiger partial charge < -0.3 is 4.74 Å². The maximum atomic E-state index is 12.0. The summed E-state index contributed by atoms with van der Waals surface area (Å²) in [6.07, 6.45) is 0. The molecule has 0 aliphatic carbocycles. The van der Waals surface area contributed by atoms with Crippen molar-refractivity contribution in [2.24, 2.45) is 0 Å². The zero-order chi connectivity index (χ0) is 16.0. The van der Waals surface area contributed by atoms with Gasteiger partial charge in [0.1, 0.15) is 12.4 Å². The fraction of sp³-hybridized carbons (Fsp3) is 0.250. The van der Waals surface area contributed by atoms with E-state index in [1.165, 1.54) is 0 Å². The van der Waals surface area contributed by atoms with Crippen LogP contribution in [0.2, 0.25) is 5.02 Å². The van der Waals surface area contributed by atoms with E-state index in [0.717, 1.165) is 11.3 Å². The average Bonchev–Trinajstić information content (AvgIpc) is 2.45. The van der Waals surface area contributed by atoms with Gasteiger partial charge >= 0.3 is 0 Å². The zero-order valence-electron chi connectivity index (χ0n) is 12.3. The van der Waals surface area contributed by atoms with E-state index >= 15 is 0 Å². The summed E-state index contributed by atoms with van der Waals surface area (Å²) in [5.41, 5.74) is 1.80. The summed E-state index contributed by atoms with van der Waals surface area (Å²) in [5, 5.41) is 0.524. The molecule has 0 aromatic heterocycles. The monoisotopic (exact) mass is 339 g/mol. The number of ether oxygens (including phenoxy) is 1. The van der Waals surface area contributed by atoms with Crippen molar-refractivity contribution in [3.63, 3.8) is 0 Å². The lowest BCUT2D eigenvalue weighted by Gasteiger charge is -2.09. The van der Waals surface area contributed by atoms with Crippen LogP contribution in [-0.4, -0.2) is 21.6 Å². The van der Waals surface area contributed by atoms with Gasteiger partial charge in [-0.05, 0) is 36.8 Å². The highest BCUT2D eigenvalue weighted by Gasteiger charge is 2.11. The van der Waals surface area contributed by atoms with Crippen LogP contribution >= 0.6 is 11.6 Å². The molecule has 0 saturated carbocycles. The Morgan fingerprint density at radius 1 is 1.14 bits per heavy atom. The SMILES string of the molecule is Cc1ccc(OCCNS(=O)(=O)Cc2cccc(Cl)c2)cc1. The summed E-state index contributed by atoms with van der Waals surface area (Å²) in [7, 11) is -3.40. The normalized spacial score (nSPS) is 11.4. The van der Waals surface area contributed by atoms with Crippen LogP contribution in [0.3, 0.4) is 0 Å². The fourth-order valence-electron chi connectivity index (χ4n) is 1.90. The second-order valence-electron chi connectivity index (χ2n) is 4.94. The van der Waals surface area contributed by atoms with Crippen molar-refractivity contribution in [3.8, 4) is 5.75 Å². The van der Waals surface area contributed by atoms with Crippen LogP contribution in [0.4, 0.5) is 0 Å². The molecule has 0 aliphatic rings. The Morgan fingerprint density at radius 3 is 2.55 bits per heavy atom. The van der Waals surface area contributed by atoms with E-state index in [1.807, 2.05) is 31.2 Å². The molecule has 22 heavy (non-hydrogen) atoms. The van der Waals surface area contributed by atoms with Crippen molar-refractivity contribution in [1.82, 2.24) is 4.72 Å². The molecule has 0 spiro atoms. The van der Waals surface area contributed by atoms with Gasteiger partial charge in [0, 0.05) is 11.6 Å². The molecule has 118 valence electrons. The van der Waals surface area contributed by atoms with Gasteiger partial charge in [0.05, 0.1) is 5.75 Å². The van der Waals surface area contributed by atoms with Crippen LogP contribution in [0.1, 0.15) is 11.1 Å². The molecule has 2 aromatic carbocycles. The van der Waals surface area contributed by atoms with Gasteiger partial charge in [0.15, 0.2) is 0 Å². The van der Waals surface area contributed by atoms with E-state index in [4.69, 9.17) is 16.3 Å². The largest absolute Gasteiger partial charge is 0.492 e. The molecule has 4 nitrogen and oxygen atoms in total. The van der Waals surface area contributed by atoms with Crippen LogP contribution in [0, 0.1) is 6.92 Å². The van der Waals surface area contributed by atoms with Gasteiger partial charge in [-0.1, -0.05) is 41.4 Å². The Morgan fingerprint density at radius 2 is 1.86 bits per heavy atom. The second-order valence-corrected chi connectivity index (χ2v) is 7.19. The van der Waals surface area contributed by atoms with Crippen LogP contribution in [0.15, 0.2) is 48.5 Å². The number of hydrogen-bond acceptors (Lipinski definition) is 3. The summed E-state index contributed by atoms with van der Waals surface area (Å²) >= 11 is 5.84. The Bertz CT molecular complexity index is 714. The quantitative estimate of drug-likeness (QED) is 0.788. The maximum Gasteiger partial charge on any atom is 0.215 e. The summed E-state index contributed by atoms with van der Waals surface area (Å²) in [6, 6.07) is 14.4. The molecule has 0 amide bonds. The molecule has 0 aliphatic heterocycles. The minimum Gasteiger partial charge on any atom is -0.492 e. The first-order valence-corrected chi connectivity index (χ1v) is 8.89. The van der Waals surface area contributed by atoms with Gasteiger partial charge in [-0.2, -0.15) is 0 Å². The van der Waals surface area contributed by atoms with Crippen LogP contribution in [0.25, 0.3) is 0 Å². The van der Waals surface area contributed by atoms with Crippen molar-refractivity contribution in [1.29, 1.82) is 0 Å². The van der Waals surface area contributed by atoms with Crippen molar-refractivity contribution < 1.29 is 13.2 Å². The summed E-state index contributed by atoms with van der Waals surface area (Å²) in [4.78, 5) is 0. The molecule has 0 unspecified atom stereocenters. The number of benzene rings is 2. The number of sulfonamides is 1. The van der Waals surface area contributed by atoms with Crippen LogP contribution in [-0.2, 0) is 15.8 Å². The highest BCUT2D eigenvalue weighted by atomic mass is 35.5. The number of aryl methyl sites for hydroxylation is 1. The Hall–Kier alpha value is -1.56. The molecule has 0 bridgehead atoms. The average molecular weight is 340 g/mol. The number of rotatable bonds is 7. The summed E-state index contributed by atoms with van der Waals surface area (Å²) in [6.45, 7) is 2.49. The fourth-order valence-corrected chi connectivity index (χ4v) is 3.23. The molecule has 6 heteroatoms. The van der Waals surface area contributed by atoms with Crippen molar-refractivity contribution >= 4 is 21.6 Å². The highest BCUT2D eigenvalue weighted by molar-refractivity contribution is 7.88. The molecule has 0 saturated heterocycles. The van der Waals surface area contributed by atoms with E-state index in [9.17, 15) is 8.42 Å². The lowest BCUT2D eigenvalue weighted by atomic mass is 10.2. The highest BCUT2D eigenvalue weighted by Crippen LogP contribution is 2.13. The van der Waals surface area contributed by atoms with E-state index < -0.39 is 10.0 Å². The van der Waals surface area contributed by atoms with Crippen molar-refractivity contribution in [2.75, 3.05) is 13.2 Å². The molecule has 2 rings (SSSR count). The van der Waals surface area contributed by atoms with E-state index in [1.54, 1.807) is 24.3 Å². The third kappa shape index (κ3) is 5.67. The van der Waals surface area contributed by atoms with Gasteiger partial charge in [-0.3, -0.25) is 0 Å². The van der Waals surface area contributed by atoms with Gasteiger partial charge in [-0.15, -0.1) is 0 Å². The molecule has 0 atom stereocenters. The first-order valence-electron chi connectivity index (χ1n) is 6.86. The molecule has 0 heterocycles. The lowest BCUT2D eigenvalue weighted by molar-refractivity contribution is 0.322. The van der Waals surface area contributed by atoms with Crippen molar-refractivity contribution in [3.05, 3.63) is 64.7 Å². The molecule has 0 fully saturated rings. The standard InChI is InChI=1S/C16H18ClNO3S/c1-13-5-7-16(8-6-13)21-10-9-18-22(19,20)12-14-3-2-4-15(17)11-14/h2-8,11,18H,9-10,12H2,1H3. The first-order chi connectivity index (χ1) is 10.4. The van der Waals surface area contributed by atoms with Crippen LogP contribution < -0.4 is 9.46 Å². The minimum atomic E-state index is -3.40. The summed E-state index contributed by atoms with van der Waals surface area (Å²) in [5.74, 6) is 0.623. The van der Waals surface area contributed by atoms with Gasteiger partial charge in [0.25, 0.3) is 0 Å². The van der Waals surface area contributed by atoms with E-state index in [2.05, 4.69) is 4.72 Å². The molecular formula is C16H18ClNO3S. The first kappa shape index (κ1) is 16.8. The molecule has 0 radical (unpaired) electrons. The minimum absolute atomic E-state index is 0.0991. The van der Waals surface area contributed by atoms with Gasteiger partial charge in [-0.25, -0.2) is 13.1 Å². The number of nitrogens with one attached hydrogen (secondary N) is 1. The van der Waals surface area contributed by atoms with Crippen molar-refractivity contribution in [2.45, 2.75) is 12.7 Å². The molecule has 2 aromatic rings. The van der Waals surface area contributed by atoms with E-state index in [-0.39, 0.29) is 18.9 Å². The lowest BCUT2D eigenvalue weighted by Crippen LogP contribution is -2.29. The smallest absolute Gasteiger partial charge is 0.215 e. The molecule has 1 N–H and O–H groups in total. The Kier molecular flexibility index (Phi) is 5.83. The number of halogens is 1. The Balaban J connectivity index is 1.79. The zero-order valence-corrected chi connectivity index (χ0v) is 13.8. The predicted molar refractivity (Wildman–Crippen MR) is 88.8 cm³/mol. The second kappa shape index (κ2) is 7.63. The van der Waals surface area contributed by atoms with Crippen LogP contribution in [0.5, 0.6) is 5.75 Å². The van der Waals surface area contributed by atoms with E-state index in [0.29, 0.717) is 10.6 Å². The molecular weight excluding hydrogens is 322 g/mol.